The fourth-order valence-electron chi connectivity index (χ4n) is 2.18. The first-order chi connectivity index (χ1) is 11.2. The molecule has 8 heteroatoms. The highest BCUT2D eigenvalue weighted by Crippen LogP contribution is 2.29. The van der Waals surface area contributed by atoms with Crippen molar-refractivity contribution in [1.82, 2.24) is 15.2 Å². The average Bonchev–Trinajstić information content (AvgIpc) is 2.95. The second kappa shape index (κ2) is 6.83. The minimum Gasteiger partial charge on any atom is -0.290 e. The molecular weight excluding hydrogens is 321 g/mol. The molecule has 24 heavy (non-hydrogen) atoms. The molecule has 2 aromatic rings. The van der Waals surface area contributed by atoms with Crippen molar-refractivity contribution in [3.63, 3.8) is 0 Å². The van der Waals surface area contributed by atoms with E-state index in [1.54, 1.807) is 12.1 Å². The number of nitrogens with zero attached hydrogens (tertiary/aromatic N) is 3. The van der Waals surface area contributed by atoms with Gasteiger partial charge in [0.15, 0.2) is 5.92 Å². The summed E-state index contributed by atoms with van der Waals surface area (Å²) in [4.78, 5) is 16.0. The van der Waals surface area contributed by atoms with Gasteiger partial charge in [-0.2, -0.15) is 23.5 Å². The molecule has 1 unspecified atom stereocenters. The van der Waals surface area contributed by atoms with Crippen LogP contribution in [0.2, 0.25) is 0 Å². The van der Waals surface area contributed by atoms with Crippen molar-refractivity contribution in [2.75, 3.05) is 0 Å². The lowest BCUT2D eigenvalue weighted by Crippen LogP contribution is -2.14. The summed E-state index contributed by atoms with van der Waals surface area (Å²) in [7, 11) is 0. The highest BCUT2D eigenvalue weighted by molar-refractivity contribution is 6.01. The van der Waals surface area contributed by atoms with Crippen LogP contribution in [-0.2, 0) is 12.6 Å². The SMILES string of the molecule is CC(C)Cc1cc(C(=O)C(C#N)c2ccc(C(F)(F)F)cn2)n[nH]1. The first kappa shape index (κ1) is 17.7. The Kier molecular flexibility index (Phi) is 5.02. The second-order valence-corrected chi connectivity index (χ2v) is 5.77. The smallest absolute Gasteiger partial charge is 0.290 e. The van der Waals surface area contributed by atoms with Crippen LogP contribution in [0.1, 0.15) is 47.2 Å². The standard InChI is InChI=1S/C16H15F3N4O/c1-9(2)5-11-6-14(23-22-11)15(24)12(7-20)13-4-3-10(8-21-13)16(17,18)19/h3-4,6,8-9,12H,5H2,1-2H3,(H,22,23). The summed E-state index contributed by atoms with van der Waals surface area (Å²) in [5.41, 5.74) is -0.150. The minimum absolute atomic E-state index is 0.0380. The summed E-state index contributed by atoms with van der Waals surface area (Å²) in [6.07, 6.45) is -3.22. The van der Waals surface area contributed by atoms with E-state index in [0.29, 0.717) is 18.5 Å². The van der Waals surface area contributed by atoms with Crippen molar-refractivity contribution in [1.29, 1.82) is 5.26 Å². The number of nitrogens with one attached hydrogen (secondary N) is 1. The Balaban J connectivity index is 2.23. The van der Waals surface area contributed by atoms with Crippen molar-refractivity contribution in [2.24, 2.45) is 5.92 Å². The number of hydrogen-bond acceptors (Lipinski definition) is 4. The topological polar surface area (TPSA) is 82.4 Å². The fraction of sp³-hybridized carbons (Fsp3) is 0.375. The van der Waals surface area contributed by atoms with Gasteiger partial charge in [0.2, 0.25) is 5.78 Å². The number of aromatic amines is 1. The number of Topliss-reactive ketones (excluding diaryl/α,β-unsaturated/α-hetero) is 1. The molecule has 2 aromatic heterocycles. The average molecular weight is 336 g/mol. The number of carbonyl (C=O) groups is 1. The van der Waals surface area contributed by atoms with Gasteiger partial charge in [0.25, 0.3) is 0 Å². The molecule has 1 atom stereocenters. The number of nitriles is 1. The molecule has 0 aliphatic rings. The molecule has 0 aromatic carbocycles. The van der Waals surface area contributed by atoms with E-state index in [-0.39, 0.29) is 11.4 Å². The van der Waals surface area contributed by atoms with E-state index in [9.17, 15) is 23.2 Å². The van der Waals surface area contributed by atoms with E-state index in [1.165, 1.54) is 0 Å². The van der Waals surface area contributed by atoms with Crippen LogP contribution in [0.15, 0.2) is 24.4 Å². The molecule has 2 rings (SSSR count). The molecule has 0 radical (unpaired) electrons. The van der Waals surface area contributed by atoms with E-state index < -0.39 is 23.4 Å². The second-order valence-electron chi connectivity index (χ2n) is 5.77. The predicted molar refractivity (Wildman–Crippen MR) is 79.1 cm³/mol. The molecule has 0 fully saturated rings. The summed E-state index contributed by atoms with van der Waals surface area (Å²) in [5.74, 6) is -1.55. The highest BCUT2D eigenvalue weighted by atomic mass is 19.4. The van der Waals surface area contributed by atoms with Crippen LogP contribution in [0.25, 0.3) is 0 Å². The number of hydrogen-bond donors (Lipinski definition) is 1. The summed E-state index contributed by atoms with van der Waals surface area (Å²) >= 11 is 0. The molecule has 126 valence electrons. The summed E-state index contributed by atoms with van der Waals surface area (Å²) in [5, 5.41) is 15.8. The molecule has 0 spiro atoms. The summed E-state index contributed by atoms with van der Waals surface area (Å²) in [6, 6.07) is 5.17. The number of H-pyrrole nitrogens is 1. The lowest BCUT2D eigenvalue weighted by atomic mass is 9.98. The summed E-state index contributed by atoms with van der Waals surface area (Å²) in [6.45, 7) is 4.01. The Morgan fingerprint density at radius 3 is 2.58 bits per heavy atom. The number of carbonyl (C=O) groups excluding carboxylic acids is 1. The molecule has 2 heterocycles. The van der Waals surface area contributed by atoms with Gasteiger partial charge < -0.3 is 0 Å². The van der Waals surface area contributed by atoms with Crippen LogP contribution in [0.3, 0.4) is 0 Å². The van der Waals surface area contributed by atoms with Gasteiger partial charge in [-0.15, -0.1) is 0 Å². The van der Waals surface area contributed by atoms with Gasteiger partial charge in [0.1, 0.15) is 5.69 Å². The van der Waals surface area contributed by atoms with Crippen LogP contribution < -0.4 is 0 Å². The lowest BCUT2D eigenvalue weighted by molar-refractivity contribution is -0.137. The first-order valence-corrected chi connectivity index (χ1v) is 7.23. The van der Waals surface area contributed by atoms with Gasteiger partial charge in [-0.05, 0) is 30.5 Å². The van der Waals surface area contributed by atoms with E-state index in [2.05, 4.69) is 15.2 Å². The lowest BCUT2D eigenvalue weighted by Gasteiger charge is -2.09. The van der Waals surface area contributed by atoms with E-state index in [1.807, 2.05) is 13.8 Å². The third-order valence-electron chi connectivity index (χ3n) is 3.31. The quantitative estimate of drug-likeness (QED) is 0.847. The Bertz CT molecular complexity index is 757. The third-order valence-corrected chi connectivity index (χ3v) is 3.31. The molecule has 0 amide bonds. The van der Waals surface area contributed by atoms with Gasteiger partial charge >= 0.3 is 6.18 Å². The van der Waals surface area contributed by atoms with Gasteiger partial charge in [-0.1, -0.05) is 13.8 Å². The number of aromatic nitrogens is 3. The molecule has 5 nitrogen and oxygen atoms in total. The Hall–Kier alpha value is -2.69. The van der Waals surface area contributed by atoms with E-state index >= 15 is 0 Å². The number of rotatable bonds is 5. The van der Waals surface area contributed by atoms with Gasteiger partial charge in [0, 0.05) is 11.9 Å². The van der Waals surface area contributed by atoms with Gasteiger partial charge in [-0.3, -0.25) is 14.9 Å². The predicted octanol–water partition coefficient (Wildman–Crippen LogP) is 3.51. The maximum atomic E-state index is 12.5. The third kappa shape index (κ3) is 3.98. The normalized spacial score (nSPS) is 12.9. The van der Waals surface area contributed by atoms with Crippen molar-refractivity contribution in [3.8, 4) is 6.07 Å². The van der Waals surface area contributed by atoms with Crippen LogP contribution in [0, 0.1) is 17.2 Å². The van der Waals surface area contributed by atoms with Crippen LogP contribution in [0.5, 0.6) is 0 Å². The fourth-order valence-corrected chi connectivity index (χ4v) is 2.18. The highest BCUT2D eigenvalue weighted by Gasteiger charge is 2.32. The Labute approximate surface area is 136 Å². The first-order valence-electron chi connectivity index (χ1n) is 7.23. The molecule has 1 N–H and O–H groups in total. The number of ketones is 1. The van der Waals surface area contributed by atoms with Crippen molar-refractivity contribution in [2.45, 2.75) is 32.4 Å². The Morgan fingerprint density at radius 1 is 1.38 bits per heavy atom. The molecular formula is C16H15F3N4O. The summed E-state index contributed by atoms with van der Waals surface area (Å²) < 4.78 is 37.6. The molecule has 0 saturated heterocycles. The van der Waals surface area contributed by atoms with Crippen molar-refractivity contribution < 1.29 is 18.0 Å². The van der Waals surface area contributed by atoms with Gasteiger partial charge in [0.05, 0.1) is 17.3 Å². The number of halogens is 3. The van der Waals surface area contributed by atoms with Crippen molar-refractivity contribution in [3.05, 3.63) is 47.0 Å². The van der Waals surface area contributed by atoms with Crippen LogP contribution in [0.4, 0.5) is 13.2 Å². The zero-order chi connectivity index (χ0) is 17.9. The van der Waals surface area contributed by atoms with Crippen LogP contribution >= 0.6 is 0 Å². The van der Waals surface area contributed by atoms with Crippen molar-refractivity contribution >= 4 is 5.78 Å². The zero-order valence-corrected chi connectivity index (χ0v) is 13.1. The van der Waals surface area contributed by atoms with Crippen LogP contribution in [-0.4, -0.2) is 21.0 Å². The van der Waals surface area contributed by atoms with E-state index in [0.717, 1.165) is 17.8 Å². The maximum Gasteiger partial charge on any atom is 0.417 e. The Morgan fingerprint density at radius 2 is 2.08 bits per heavy atom. The van der Waals surface area contributed by atoms with E-state index in [4.69, 9.17) is 0 Å². The molecule has 0 aliphatic heterocycles. The molecule has 0 bridgehead atoms. The number of alkyl halides is 3. The maximum absolute atomic E-state index is 12.5. The molecule has 0 saturated carbocycles. The minimum atomic E-state index is -4.52. The van der Waals surface area contributed by atoms with Gasteiger partial charge in [-0.25, -0.2) is 0 Å². The monoisotopic (exact) mass is 336 g/mol. The largest absolute Gasteiger partial charge is 0.417 e. The zero-order valence-electron chi connectivity index (χ0n) is 13.1. The number of pyridine rings is 1. The molecule has 0 aliphatic carbocycles.